The van der Waals surface area contributed by atoms with Crippen molar-refractivity contribution in [3.05, 3.63) is 113 Å². The Morgan fingerprint density at radius 2 is 1.10 bits per heavy atom. The number of hydrogen-bond donors (Lipinski definition) is 0. The topological polar surface area (TPSA) is 51.2 Å². The third kappa shape index (κ3) is 5.02. The van der Waals surface area contributed by atoms with Crippen molar-refractivity contribution in [2.45, 2.75) is 13.8 Å². The molecule has 0 saturated carbocycles. The van der Waals surface area contributed by atoms with Gasteiger partial charge in [0.05, 0.1) is 0 Å². The van der Waals surface area contributed by atoms with E-state index in [1.165, 1.54) is 6.08 Å². The van der Waals surface area contributed by atoms with E-state index in [-0.39, 0.29) is 0 Å². The lowest BCUT2D eigenvalue weighted by atomic mass is 9.86. The first-order valence-corrected chi connectivity index (χ1v) is 9.44. The second-order valence-corrected chi connectivity index (χ2v) is 7.04. The molecule has 3 aromatic rings. The van der Waals surface area contributed by atoms with Crippen LogP contribution in [0.3, 0.4) is 0 Å². The maximum atomic E-state index is 13.1. The molecule has 3 nitrogen and oxygen atoms in total. The van der Waals surface area contributed by atoms with E-state index in [0.717, 1.165) is 16.7 Å². The van der Waals surface area contributed by atoms with Crippen LogP contribution in [-0.2, 0) is 4.79 Å². The van der Waals surface area contributed by atoms with Gasteiger partial charge in [-0.3, -0.25) is 14.4 Å². The van der Waals surface area contributed by atoms with Crippen LogP contribution in [0.5, 0.6) is 0 Å². The Labute approximate surface area is 170 Å². The van der Waals surface area contributed by atoms with Crippen LogP contribution >= 0.6 is 0 Å². The van der Waals surface area contributed by atoms with Crippen molar-refractivity contribution in [1.82, 2.24) is 0 Å². The molecule has 0 N–H and O–H groups in total. The number of rotatable bonds is 7. The molecule has 0 atom stereocenters. The van der Waals surface area contributed by atoms with Crippen molar-refractivity contribution in [2.75, 3.05) is 0 Å². The molecular formula is C26H22O3. The Hall–Kier alpha value is -3.59. The van der Waals surface area contributed by atoms with Crippen molar-refractivity contribution in [3.8, 4) is 0 Å². The molecule has 0 aliphatic rings. The summed E-state index contributed by atoms with van der Waals surface area (Å²) in [4.78, 5) is 39.2. The van der Waals surface area contributed by atoms with E-state index in [9.17, 15) is 14.4 Å². The molecule has 0 fully saturated rings. The minimum atomic E-state index is -1.40. The first-order valence-electron chi connectivity index (χ1n) is 9.44. The second kappa shape index (κ2) is 9.07. The SMILES string of the molecule is Cc1ccc(C(=O)C(C(=O)/C=C/c2ccccc2)C(=O)c2ccc(C)cc2)cc1. The van der Waals surface area contributed by atoms with Gasteiger partial charge in [0, 0.05) is 11.1 Å². The summed E-state index contributed by atoms with van der Waals surface area (Å²) in [5, 5.41) is 0. The molecule has 3 aromatic carbocycles. The number of Topliss-reactive ketones (excluding diaryl/α,β-unsaturated/α-hetero) is 2. The summed E-state index contributed by atoms with van der Waals surface area (Å²) in [6.45, 7) is 3.83. The highest BCUT2D eigenvalue weighted by Gasteiger charge is 2.33. The van der Waals surface area contributed by atoms with Gasteiger partial charge in [-0.15, -0.1) is 0 Å². The maximum Gasteiger partial charge on any atom is 0.181 e. The smallest absolute Gasteiger partial charge is 0.181 e. The Morgan fingerprint density at radius 1 is 0.655 bits per heavy atom. The molecule has 3 heteroatoms. The average molecular weight is 382 g/mol. The van der Waals surface area contributed by atoms with Gasteiger partial charge in [-0.1, -0.05) is 96.1 Å². The van der Waals surface area contributed by atoms with Gasteiger partial charge in [-0.25, -0.2) is 0 Å². The van der Waals surface area contributed by atoms with Gasteiger partial charge in [-0.05, 0) is 25.5 Å². The lowest BCUT2D eigenvalue weighted by Crippen LogP contribution is -2.31. The number of allylic oxidation sites excluding steroid dienone is 1. The molecule has 0 aliphatic carbocycles. The summed E-state index contributed by atoms with van der Waals surface area (Å²) in [5.74, 6) is -2.90. The largest absolute Gasteiger partial charge is 0.294 e. The Balaban J connectivity index is 1.95. The van der Waals surface area contributed by atoms with Crippen LogP contribution in [0.15, 0.2) is 84.9 Å². The van der Waals surface area contributed by atoms with Gasteiger partial charge in [0.25, 0.3) is 0 Å². The number of carbonyl (C=O) groups excluding carboxylic acids is 3. The first-order chi connectivity index (χ1) is 14.0. The summed E-state index contributed by atoms with van der Waals surface area (Å²) < 4.78 is 0. The number of ketones is 3. The molecule has 0 heterocycles. The lowest BCUT2D eigenvalue weighted by Gasteiger charge is -2.13. The molecule has 29 heavy (non-hydrogen) atoms. The Bertz CT molecular complexity index is 986. The predicted octanol–water partition coefficient (Wildman–Crippen LogP) is 5.27. The molecule has 0 radical (unpaired) electrons. The van der Waals surface area contributed by atoms with Crippen molar-refractivity contribution >= 4 is 23.4 Å². The monoisotopic (exact) mass is 382 g/mol. The van der Waals surface area contributed by atoms with E-state index in [2.05, 4.69) is 0 Å². The summed E-state index contributed by atoms with van der Waals surface area (Å²) in [7, 11) is 0. The van der Waals surface area contributed by atoms with Crippen LogP contribution in [0.2, 0.25) is 0 Å². The molecule has 0 unspecified atom stereocenters. The molecular weight excluding hydrogens is 360 g/mol. The summed E-state index contributed by atoms with van der Waals surface area (Å²) in [5.41, 5.74) is 3.52. The fourth-order valence-corrected chi connectivity index (χ4v) is 2.99. The van der Waals surface area contributed by atoms with Crippen molar-refractivity contribution in [3.63, 3.8) is 0 Å². The highest BCUT2D eigenvalue weighted by atomic mass is 16.2. The third-order valence-electron chi connectivity index (χ3n) is 4.72. The van der Waals surface area contributed by atoms with Crippen molar-refractivity contribution in [1.29, 1.82) is 0 Å². The zero-order chi connectivity index (χ0) is 20.8. The second-order valence-electron chi connectivity index (χ2n) is 7.04. The number of carbonyl (C=O) groups is 3. The van der Waals surface area contributed by atoms with Crippen LogP contribution in [0, 0.1) is 19.8 Å². The standard InChI is InChI=1S/C26H22O3/c1-18-8-13-21(14-9-18)25(28)24(26(29)22-15-10-19(2)11-16-22)23(27)17-12-20-6-4-3-5-7-20/h3-17,24H,1-2H3/b17-12+. The predicted molar refractivity (Wildman–Crippen MR) is 115 cm³/mol. The third-order valence-corrected chi connectivity index (χ3v) is 4.72. The van der Waals surface area contributed by atoms with E-state index in [1.54, 1.807) is 54.6 Å². The van der Waals surface area contributed by atoms with Gasteiger partial charge < -0.3 is 0 Å². The Kier molecular flexibility index (Phi) is 6.30. The molecule has 0 aliphatic heterocycles. The summed E-state index contributed by atoms with van der Waals surface area (Å²) in [6.07, 6.45) is 2.94. The summed E-state index contributed by atoms with van der Waals surface area (Å²) >= 11 is 0. The molecule has 0 amide bonds. The molecule has 144 valence electrons. The fourth-order valence-electron chi connectivity index (χ4n) is 2.99. The van der Waals surface area contributed by atoms with Crippen LogP contribution in [0.4, 0.5) is 0 Å². The zero-order valence-electron chi connectivity index (χ0n) is 16.5. The van der Waals surface area contributed by atoms with Crippen LogP contribution < -0.4 is 0 Å². The maximum absolute atomic E-state index is 13.1. The van der Waals surface area contributed by atoms with Gasteiger partial charge in [-0.2, -0.15) is 0 Å². The van der Waals surface area contributed by atoms with Crippen LogP contribution in [0.1, 0.15) is 37.4 Å². The molecule has 0 saturated heterocycles. The van der Waals surface area contributed by atoms with Crippen LogP contribution in [-0.4, -0.2) is 17.3 Å². The van der Waals surface area contributed by atoms with E-state index < -0.39 is 23.3 Å². The van der Waals surface area contributed by atoms with Crippen molar-refractivity contribution in [2.24, 2.45) is 5.92 Å². The van der Waals surface area contributed by atoms with Gasteiger partial charge >= 0.3 is 0 Å². The van der Waals surface area contributed by atoms with Crippen molar-refractivity contribution < 1.29 is 14.4 Å². The normalized spacial score (nSPS) is 11.0. The van der Waals surface area contributed by atoms with E-state index in [0.29, 0.717) is 11.1 Å². The Morgan fingerprint density at radius 3 is 1.55 bits per heavy atom. The zero-order valence-corrected chi connectivity index (χ0v) is 16.5. The number of benzene rings is 3. The fraction of sp³-hybridized carbons (Fsp3) is 0.115. The molecule has 0 spiro atoms. The minimum absolute atomic E-state index is 0.350. The van der Waals surface area contributed by atoms with E-state index in [4.69, 9.17) is 0 Å². The lowest BCUT2D eigenvalue weighted by molar-refractivity contribution is -0.115. The van der Waals surface area contributed by atoms with Gasteiger partial charge in [0.15, 0.2) is 17.3 Å². The molecule has 3 rings (SSSR count). The van der Waals surface area contributed by atoms with Gasteiger partial charge in [0.2, 0.25) is 0 Å². The molecule has 0 aromatic heterocycles. The quantitative estimate of drug-likeness (QED) is 0.318. The van der Waals surface area contributed by atoms with Crippen LogP contribution in [0.25, 0.3) is 6.08 Å². The highest BCUT2D eigenvalue weighted by Crippen LogP contribution is 2.19. The van der Waals surface area contributed by atoms with E-state index in [1.807, 2.05) is 44.2 Å². The first kappa shape index (κ1) is 20.2. The molecule has 0 bridgehead atoms. The highest BCUT2D eigenvalue weighted by molar-refractivity contribution is 6.30. The number of aryl methyl sites for hydroxylation is 2. The minimum Gasteiger partial charge on any atom is -0.294 e. The average Bonchev–Trinajstić information content (AvgIpc) is 2.74. The number of hydrogen-bond acceptors (Lipinski definition) is 3. The van der Waals surface area contributed by atoms with E-state index >= 15 is 0 Å². The van der Waals surface area contributed by atoms with Gasteiger partial charge in [0.1, 0.15) is 5.92 Å². The summed E-state index contributed by atoms with van der Waals surface area (Å²) in [6, 6.07) is 23.1.